The fourth-order valence-corrected chi connectivity index (χ4v) is 3.78. The van der Waals surface area contributed by atoms with Gasteiger partial charge in [0.25, 0.3) is 0 Å². The normalized spacial score (nSPS) is 13.7. The number of ether oxygens (including phenoxy) is 1. The summed E-state index contributed by atoms with van der Waals surface area (Å²) in [6.07, 6.45) is 1.28. The van der Waals surface area contributed by atoms with Crippen LogP contribution in [-0.4, -0.2) is 16.1 Å². The zero-order valence-electron chi connectivity index (χ0n) is 14.6. The lowest BCUT2D eigenvalue weighted by atomic mass is 9.91. The van der Waals surface area contributed by atoms with Crippen molar-refractivity contribution in [2.24, 2.45) is 7.05 Å². The smallest absolute Gasteiger partial charge is 0.231 e. The molecular weight excluding hydrogens is 338 g/mol. The van der Waals surface area contributed by atoms with E-state index < -0.39 is 0 Å². The Morgan fingerprint density at radius 2 is 1.56 bits per heavy atom. The van der Waals surface area contributed by atoms with Gasteiger partial charge in [-0.2, -0.15) is 0 Å². The average molecular weight is 353 g/mol. The number of para-hydroxylation sites is 2. The number of fused-ring (bicyclic) bond motifs is 5. The summed E-state index contributed by atoms with van der Waals surface area (Å²) in [5.41, 5.74) is 2.60. The van der Waals surface area contributed by atoms with Gasteiger partial charge < -0.3 is 9.30 Å². The zero-order chi connectivity index (χ0) is 18.5. The lowest BCUT2D eigenvalue weighted by molar-refractivity contribution is 0.0948. The van der Waals surface area contributed by atoms with Gasteiger partial charge in [0.05, 0.1) is 11.1 Å². The van der Waals surface area contributed by atoms with Crippen LogP contribution in [0.3, 0.4) is 0 Å². The molecular formula is C23H15NO3. The highest BCUT2D eigenvalue weighted by atomic mass is 16.5. The second kappa shape index (κ2) is 5.68. The van der Waals surface area contributed by atoms with Gasteiger partial charge in [0.1, 0.15) is 5.75 Å². The van der Waals surface area contributed by atoms with E-state index in [0.29, 0.717) is 16.9 Å². The molecule has 0 fully saturated rings. The van der Waals surface area contributed by atoms with Crippen LogP contribution in [-0.2, 0) is 7.05 Å². The number of allylic oxidation sites excluding steroid dienone is 2. The van der Waals surface area contributed by atoms with Crippen molar-refractivity contribution in [2.45, 2.75) is 0 Å². The number of Topliss-reactive ketones (excluding diaryl/α,β-unsaturated/α-hetero) is 1. The summed E-state index contributed by atoms with van der Waals surface area (Å²) in [6, 6.07) is 20.6. The molecule has 4 nitrogen and oxygen atoms in total. The molecule has 0 aliphatic heterocycles. The highest BCUT2D eigenvalue weighted by Gasteiger charge is 2.31. The van der Waals surface area contributed by atoms with Crippen molar-refractivity contribution in [3.63, 3.8) is 0 Å². The van der Waals surface area contributed by atoms with E-state index in [9.17, 15) is 9.59 Å². The van der Waals surface area contributed by atoms with E-state index in [1.807, 2.05) is 60.1 Å². The number of benzene rings is 3. The summed E-state index contributed by atoms with van der Waals surface area (Å²) >= 11 is 0. The van der Waals surface area contributed by atoms with E-state index in [4.69, 9.17) is 4.74 Å². The van der Waals surface area contributed by atoms with Crippen LogP contribution < -0.4 is 4.74 Å². The van der Waals surface area contributed by atoms with Crippen LogP contribution in [0.1, 0.15) is 20.7 Å². The molecule has 1 aliphatic rings. The Morgan fingerprint density at radius 1 is 0.815 bits per heavy atom. The van der Waals surface area contributed by atoms with Crippen molar-refractivity contribution in [3.05, 3.63) is 89.7 Å². The van der Waals surface area contributed by atoms with Crippen molar-refractivity contribution in [2.75, 3.05) is 0 Å². The quantitative estimate of drug-likeness (QED) is 0.526. The van der Waals surface area contributed by atoms with Crippen LogP contribution in [0.4, 0.5) is 0 Å². The Labute approximate surface area is 155 Å². The summed E-state index contributed by atoms with van der Waals surface area (Å²) in [7, 11) is 1.92. The fourth-order valence-electron chi connectivity index (χ4n) is 3.78. The summed E-state index contributed by atoms with van der Waals surface area (Å²) in [6.45, 7) is 0. The molecule has 1 heterocycles. The molecule has 0 bridgehead atoms. The first-order chi connectivity index (χ1) is 13.1. The van der Waals surface area contributed by atoms with E-state index in [-0.39, 0.29) is 17.3 Å². The van der Waals surface area contributed by atoms with Crippen molar-refractivity contribution >= 4 is 33.4 Å². The minimum Gasteiger partial charge on any atom is -0.453 e. The number of carbonyl (C=O) groups excluding carboxylic acids is 2. The lowest BCUT2D eigenvalue weighted by Gasteiger charge is -2.17. The number of carbonyl (C=O) groups is 2. The van der Waals surface area contributed by atoms with Crippen LogP contribution in [0.15, 0.2) is 78.6 Å². The van der Waals surface area contributed by atoms with Crippen molar-refractivity contribution in [1.82, 2.24) is 4.57 Å². The minimum absolute atomic E-state index is 0.0523. The van der Waals surface area contributed by atoms with Gasteiger partial charge >= 0.3 is 0 Å². The third kappa shape index (κ3) is 2.23. The lowest BCUT2D eigenvalue weighted by Crippen LogP contribution is -2.21. The maximum atomic E-state index is 13.3. The Bertz CT molecular complexity index is 1280. The topological polar surface area (TPSA) is 48.3 Å². The molecule has 4 heteroatoms. The number of aromatic nitrogens is 1. The molecule has 0 unspecified atom stereocenters. The van der Waals surface area contributed by atoms with Gasteiger partial charge in [-0.05, 0) is 24.3 Å². The van der Waals surface area contributed by atoms with E-state index in [0.717, 1.165) is 21.8 Å². The number of ketones is 2. The van der Waals surface area contributed by atoms with Crippen LogP contribution in [0, 0.1) is 0 Å². The van der Waals surface area contributed by atoms with Gasteiger partial charge in [-0.3, -0.25) is 9.59 Å². The largest absolute Gasteiger partial charge is 0.453 e. The average Bonchev–Trinajstić information content (AvgIpc) is 2.99. The van der Waals surface area contributed by atoms with Crippen LogP contribution >= 0.6 is 0 Å². The third-order valence-electron chi connectivity index (χ3n) is 5.02. The van der Waals surface area contributed by atoms with E-state index in [2.05, 4.69) is 0 Å². The molecule has 5 rings (SSSR count). The third-order valence-corrected chi connectivity index (χ3v) is 5.02. The Hall–Kier alpha value is -3.66. The van der Waals surface area contributed by atoms with E-state index >= 15 is 0 Å². The monoisotopic (exact) mass is 353 g/mol. The fraction of sp³-hybridized carbons (Fsp3) is 0.0435. The Kier molecular flexibility index (Phi) is 3.28. The maximum absolute atomic E-state index is 13.3. The second-order valence-electron chi connectivity index (χ2n) is 6.58. The summed E-state index contributed by atoms with van der Waals surface area (Å²) in [5, 5.41) is 2.01. The standard InChI is InChI=1S/C23H15NO3/c1-24-18-10-6-5-9-15(18)16-11-12-17-19(25)13-20(23(26)21(17)22(16)24)27-14-7-3-2-4-8-14/h2-13H,1H3. The molecule has 0 atom stereocenters. The Balaban J connectivity index is 1.74. The molecule has 0 N–H and O–H groups in total. The maximum Gasteiger partial charge on any atom is 0.231 e. The zero-order valence-corrected chi connectivity index (χ0v) is 14.6. The summed E-state index contributed by atoms with van der Waals surface area (Å²) in [4.78, 5) is 25.9. The Morgan fingerprint density at radius 3 is 2.37 bits per heavy atom. The second-order valence-corrected chi connectivity index (χ2v) is 6.58. The van der Waals surface area contributed by atoms with Gasteiger partial charge in [-0.25, -0.2) is 0 Å². The number of hydrogen-bond acceptors (Lipinski definition) is 3. The number of hydrogen-bond donors (Lipinski definition) is 0. The first kappa shape index (κ1) is 15.6. The first-order valence-corrected chi connectivity index (χ1v) is 8.69. The number of aryl methyl sites for hydroxylation is 1. The molecule has 0 radical (unpaired) electrons. The van der Waals surface area contributed by atoms with Crippen molar-refractivity contribution in [3.8, 4) is 5.75 Å². The molecule has 0 amide bonds. The first-order valence-electron chi connectivity index (χ1n) is 8.69. The molecule has 1 aromatic heterocycles. The SMILES string of the molecule is Cn1c2ccccc2c2ccc3c(c21)C(=O)C(Oc1ccccc1)=CC3=O. The molecule has 3 aromatic carbocycles. The highest BCUT2D eigenvalue weighted by molar-refractivity contribution is 6.30. The van der Waals surface area contributed by atoms with Crippen molar-refractivity contribution in [1.29, 1.82) is 0 Å². The minimum atomic E-state index is -0.273. The highest BCUT2D eigenvalue weighted by Crippen LogP contribution is 2.35. The van der Waals surface area contributed by atoms with E-state index in [1.165, 1.54) is 6.08 Å². The van der Waals surface area contributed by atoms with Gasteiger partial charge in [0, 0.05) is 35.0 Å². The number of rotatable bonds is 2. The van der Waals surface area contributed by atoms with Crippen molar-refractivity contribution < 1.29 is 14.3 Å². The predicted octanol–water partition coefficient (Wildman–Crippen LogP) is 4.67. The predicted molar refractivity (Wildman–Crippen MR) is 104 cm³/mol. The molecule has 130 valence electrons. The van der Waals surface area contributed by atoms with Crippen LogP contribution in [0.2, 0.25) is 0 Å². The van der Waals surface area contributed by atoms with Gasteiger partial charge in [-0.15, -0.1) is 0 Å². The molecule has 4 aromatic rings. The molecule has 0 saturated heterocycles. The summed E-state index contributed by atoms with van der Waals surface area (Å²) in [5.74, 6) is 0.0849. The van der Waals surface area contributed by atoms with Crippen LogP contribution in [0.5, 0.6) is 5.75 Å². The molecule has 1 aliphatic carbocycles. The summed E-state index contributed by atoms with van der Waals surface area (Å²) < 4.78 is 7.71. The molecule has 0 saturated carbocycles. The molecule has 27 heavy (non-hydrogen) atoms. The number of nitrogens with zero attached hydrogens (tertiary/aromatic N) is 1. The van der Waals surface area contributed by atoms with Crippen LogP contribution in [0.25, 0.3) is 21.8 Å². The van der Waals surface area contributed by atoms with E-state index in [1.54, 1.807) is 18.2 Å². The van der Waals surface area contributed by atoms with Gasteiger partial charge in [0.2, 0.25) is 5.78 Å². The van der Waals surface area contributed by atoms with Gasteiger partial charge in [-0.1, -0.05) is 42.5 Å². The molecule has 0 spiro atoms. The van der Waals surface area contributed by atoms with Gasteiger partial charge in [0.15, 0.2) is 11.5 Å².